The van der Waals surface area contributed by atoms with E-state index in [0.29, 0.717) is 0 Å². The van der Waals surface area contributed by atoms with Gasteiger partial charge in [-0.3, -0.25) is 0 Å². The molecule has 0 spiro atoms. The van der Waals surface area contributed by atoms with Crippen LogP contribution in [-0.2, 0) is 5.41 Å². The molecular formula is C41H32N2S. The molecule has 0 radical (unpaired) electrons. The third kappa shape index (κ3) is 3.66. The van der Waals surface area contributed by atoms with E-state index in [1.54, 1.807) is 0 Å². The van der Waals surface area contributed by atoms with E-state index in [2.05, 4.69) is 157 Å². The van der Waals surface area contributed by atoms with Crippen molar-refractivity contribution < 1.29 is 0 Å². The molecule has 9 rings (SSSR count). The van der Waals surface area contributed by atoms with Crippen molar-refractivity contribution in [3.8, 4) is 16.8 Å². The Morgan fingerprint density at radius 1 is 0.705 bits per heavy atom. The zero-order valence-electron chi connectivity index (χ0n) is 24.9. The molecule has 0 saturated carbocycles. The van der Waals surface area contributed by atoms with Crippen molar-refractivity contribution in [2.45, 2.75) is 32.1 Å². The van der Waals surface area contributed by atoms with Gasteiger partial charge >= 0.3 is 0 Å². The van der Waals surface area contributed by atoms with Gasteiger partial charge in [-0.1, -0.05) is 92.7 Å². The first kappa shape index (κ1) is 25.6. The van der Waals surface area contributed by atoms with Crippen LogP contribution in [0.5, 0.6) is 0 Å². The standard InChI is InChI=1S/C41H32N2S/c1-41(2)35-25-29(42(27-13-5-3-6-14-27)28-15-7-4-8-16-28)21-23-31(35)32-24-22-30(26-36(32)41)43-37-19-11-9-17-33(37)39-34-18-10-12-20-38(34)44-40(39)43/h3-7,9-15,17-26H,8,16H2,1-2H3. The molecule has 44 heavy (non-hydrogen) atoms. The van der Waals surface area contributed by atoms with E-state index in [-0.39, 0.29) is 5.41 Å². The molecule has 0 saturated heterocycles. The fourth-order valence-electron chi connectivity index (χ4n) is 7.52. The SMILES string of the molecule is CC1(C)c2cc(N(C3=CC=CCC3)c3ccccc3)ccc2-c2ccc(-n3c4ccccc4c4c5ccccc5sc43)cc21. The van der Waals surface area contributed by atoms with Gasteiger partial charge in [0.05, 0.1) is 5.52 Å². The van der Waals surface area contributed by atoms with Gasteiger partial charge in [0.2, 0.25) is 0 Å². The minimum Gasteiger partial charge on any atom is -0.314 e. The molecule has 0 unspecified atom stereocenters. The molecule has 0 atom stereocenters. The molecule has 0 fully saturated rings. The third-order valence-corrected chi connectivity index (χ3v) is 10.8. The van der Waals surface area contributed by atoms with E-state index < -0.39 is 0 Å². The van der Waals surface area contributed by atoms with Crippen molar-refractivity contribution in [1.82, 2.24) is 4.57 Å². The van der Waals surface area contributed by atoms with Gasteiger partial charge in [-0.2, -0.15) is 0 Å². The summed E-state index contributed by atoms with van der Waals surface area (Å²) in [6, 6.07) is 42.7. The Hall–Kier alpha value is -4.86. The number of benzene rings is 5. The average Bonchev–Trinajstić information content (AvgIpc) is 3.67. The van der Waals surface area contributed by atoms with Gasteiger partial charge in [-0.05, 0) is 89.7 Å². The van der Waals surface area contributed by atoms with Crippen LogP contribution in [0.4, 0.5) is 11.4 Å². The quantitative estimate of drug-likeness (QED) is 0.200. The smallest absolute Gasteiger partial charge is 0.109 e. The Labute approximate surface area is 261 Å². The zero-order chi connectivity index (χ0) is 29.4. The Kier molecular flexibility index (Phi) is 5.57. The Morgan fingerprint density at radius 3 is 2.25 bits per heavy atom. The molecule has 2 aliphatic rings. The van der Waals surface area contributed by atoms with Gasteiger partial charge in [0.15, 0.2) is 0 Å². The highest BCUT2D eigenvalue weighted by Gasteiger charge is 2.36. The van der Waals surface area contributed by atoms with Gasteiger partial charge in [0, 0.05) is 49.0 Å². The zero-order valence-corrected chi connectivity index (χ0v) is 25.7. The number of allylic oxidation sites excluding steroid dienone is 4. The minimum absolute atomic E-state index is 0.137. The Morgan fingerprint density at radius 2 is 1.43 bits per heavy atom. The Bertz CT molecular complexity index is 2310. The predicted molar refractivity (Wildman–Crippen MR) is 189 cm³/mol. The topological polar surface area (TPSA) is 8.17 Å². The lowest BCUT2D eigenvalue weighted by atomic mass is 9.82. The summed E-state index contributed by atoms with van der Waals surface area (Å²) in [5.74, 6) is 0. The molecule has 212 valence electrons. The van der Waals surface area contributed by atoms with Crippen molar-refractivity contribution >= 4 is 53.9 Å². The number of anilines is 2. The number of hydrogen-bond donors (Lipinski definition) is 0. The predicted octanol–water partition coefficient (Wildman–Crippen LogP) is 11.7. The number of aromatic nitrogens is 1. The molecule has 0 N–H and O–H groups in total. The van der Waals surface area contributed by atoms with Crippen molar-refractivity contribution in [2.24, 2.45) is 0 Å². The Balaban J connectivity index is 1.20. The van der Waals surface area contributed by atoms with Gasteiger partial charge in [-0.25, -0.2) is 0 Å². The largest absolute Gasteiger partial charge is 0.314 e. The lowest BCUT2D eigenvalue weighted by Crippen LogP contribution is -2.19. The summed E-state index contributed by atoms with van der Waals surface area (Å²) < 4.78 is 3.82. The van der Waals surface area contributed by atoms with Crippen LogP contribution in [0.2, 0.25) is 0 Å². The first-order valence-corrected chi connectivity index (χ1v) is 16.3. The highest BCUT2D eigenvalue weighted by Crippen LogP contribution is 2.52. The van der Waals surface area contributed by atoms with E-state index >= 15 is 0 Å². The molecule has 5 aromatic carbocycles. The van der Waals surface area contributed by atoms with E-state index in [1.807, 2.05) is 11.3 Å². The fourth-order valence-corrected chi connectivity index (χ4v) is 8.77. The summed E-state index contributed by atoms with van der Waals surface area (Å²) in [5, 5.41) is 4.03. The maximum Gasteiger partial charge on any atom is 0.109 e. The molecule has 2 aromatic heterocycles. The summed E-state index contributed by atoms with van der Waals surface area (Å²) in [5.41, 5.74) is 11.6. The lowest BCUT2D eigenvalue weighted by molar-refractivity contribution is 0.660. The van der Waals surface area contributed by atoms with Crippen LogP contribution in [0.1, 0.15) is 37.8 Å². The molecule has 3 heteroatoms. The highest BCUT2D eigenvalue weighted by molar-refractivity contribution is 7.25. The molecule has 0 bridgehead atoms. The van der Waals surface area contributed by atoms with Crippen molar-refractivity contribution in [1.29, 1.82) is 0 Å². The molecule has 0 aliphatic heterocycles. The molecule has 2 nitrogen and oxygen atoms in total. The van der Waals surface area contributed by atoms with E-state index in [4.69, 9.17) is 0 Å². The highest BCUT2D eigenvalue weighted by atomic mass is 32.1. The van der Waals surface area contributed by atoms with Gasteiger partial charge < -0.3 is 9.47 Å². The third-order valence-electron chi connectivity index (χ3n) is 9.65. The monoisotopic (exact) mass is 584 g/mol. The van der Waals surface area contributed by atoms with Crippen molar-refractivity contribution in [3.05, 3.63) is 150 Å². The number of nitrogens with zero attached hydrogens (tertiary/aromatic N) is 2. The number of fused-ring (bicyclic) bond motifs is 8. The van der Waals surface area contributed by atoms with Crippen LogP contribution < -0.4 is 4.90 Å². The minimum atomic E-state index is -0.137. The van der Waals surface area contributed by atoms with Crippen LogP contribution in [0.15, 0.2) is 139 Å². The second-order valence-corrected chi connectivity index (χ2v) is 13.5. The number of hydrogen-bond acceptors (Lipinski definition) is 2. The van der Waals surface area contributed by atoms with Crippen LogP contribution in [-0.4, -0.2) is 4.57 Å². The maximum atomic E-state index is 2.49. The van der Waals surface area contributed by atoms with Gasteiger partial charge in [-0.15, -0.1) is 11.3 Å². The van der Waals surface area contributed by atoms with Crippen LogP contribution in [0, 0.1) is 0 Å². The number of rotatable bonds is 4. The average molecular weight is 585 g/mol. The summed E-state index contributed by atoms with van der Waals surface area (Å²) in [4.78, 5) is 3.76. The molecule has 0 amide bonds. The second-order valence-electron chi connectivity index (χ2n) is 12.5. The maximum absolute atomic E-state index is 2.49. The number of thiophene rings is 1. The van der Waals surface area contributed by atoms with Crippen LogP contribution >= 0.6 is 11.3 Å². The van der Waals surface area contributed by atoms with E-state index in [9.17, 15) is 0 Å². The first-order chi connectivity index (χ1) is 21.6. The van der Waals surface area contributed by atoms with Crippen LogP contribution in [0.25, 0.3) is 48.0 Å². The van der Waals surface area contributed by atoms with Crippen molar-refractivity contribution in [3.63, 3.8) is 0 Å². The molecule has 7 aromatic rings. The van der Waals surface area contributed by atoms with E-state index in [0.717, 1.165) is 12.8 Å². The first-order valence-electron chi connectivity index (χ1n) is 15.5. The molecule has 2 heterocycles. The van der Waals surface area contributed by atoms with Crippen LogP contribution in [0.3, 0.4) is 0 Å². The fraction of sp³-hybridized carbons (Fsp3) is 0.122. The summed E-state index contributed by atoms with van der Waals surface area (Å²) in [7, 11) is 0. The number of para-hydroxylation sites is 2. The normalized spacial score (nSPS) is 15.1. The molecular weight excluding hydrogens is 553 g/mol. The summed E-state index contributed by atoms with van der Waals surface area (Å²) >= 11 is 1.89. The van der Waals surface area contributed by atoms with Gasteiger partial charge in [0.25, 0.3) is 0 Å². The second kappa shape index (κ2) is 9.57. The van der Waals surface area contributed by atoms with E-state index in [1.165, 1.54) is 76.2 Å². The lowest BCUT2D eigenvalue weighted by Gasteiger charge is -2.30. The van der Waals surface area contributed by atoms with Gasteiger partial charge in [0.1, 0.15) is 4.83 Å². The molecule has 2 aliphatic carbocycles. The summed E-state index contributed by atoms with van der Waals surface area (Å²) in [6.07, 6.45) is 8.83. The summed E-state index contributed by atoms with van der Waals surface area (Å²) in [6.45, 7) is 4.78. The van der Waals surface area contributed by atoms with Crippen molar-refractivity contribution in [2.75, 3.05) is 4.90 Å².